The topological polar surface area (TPSA) is 184 Å². The number of fused-ring (bicyclic) bond motifs is 5. The Kier molecular flexibility index (Phi) is 10.3. The van der Waals surface area contributed by atoms with Gasteiger partial charge < -0.3 is 39.2 Å². The number of Topliss-reactive ketones (excluding diaryl/α,β-unsaturated/α-hetero) is 1. The normalized spacial score (nSPS) is 35.7. The van der Waals surface area contributed by atoms with Gasteiger partial charge in [0, 0.05) is 37.6 Å². The molecular weight excluding hydrogens is 674 g/mol. The number of hydrogen-bond acceptors (Lipinski definition) is 12. The Morgan fingerprint density at radius 3 is 2.27 bits per heavy atom. The minimum Gasteiger partial charge on any atom is -0.457 e. The molecule has 13 nitrogen and oxygen atoms in total. The Labute approximate surface area is 304 Å². The average molecular weight is 728 g/mol. The second kappa shape index (κ2) is 13.6. The molecule has 1 aromatic rings. The van der Waals surface area contributed by atoms with Crippen molar-refractivity contribution in [2.75, 3.05) is 13.2 Å². The number of alkyl carbamates (subject to hydrolysis) is 1. The zero-order chi connectivity index (χ0) is 38.8. The maximum atomic E-state index is 15.0. The summed E-state index contributed by atoms with van der Waals surface area (Å²) in [7, 11) is 0. The molecule has 1 aliphatic heterocycles. The molecular formula is C39H53NO12. The predicted molar refractivity (Wildman–Crippen MR) is 186 cm³/mol. The summed E-state index contributed by atoms with van der Waals surface area (Å²) in [6.45, 7) is 16.2. The molecule has 10 atom stereocenters. The smallest absolute Gasteiger partial charge is 0.407 e. The summed E-state index contributed by atoms with van der Waals surface area (Å²) in [6.07, 6.45) is -5.86. The molecule has 0 aromatic heterocycles. The van der Waals surface area contributed by atoms with Crippen molar-refractivity contribution in [2.24, 2.45) is 28.6 Å². The Morgan fingerprint density at radius 1 is 1.08 bits per heavy atom. The third-order valence-electron chi connectivity index (χ3n) is 11.8. The van der Waals surface area contributed by atoms with Crippen LogP contribution in [0.25, 0.3) is 0 Å². The third kappa shape index (κ3) is 6.42. The number of hydrogen-bond donors (Lipinski definition) is 3. The lowest BCUT2D eigenvalue weighted by Crippen LogP contribution is -2.81. The van der Waals surface area contributed by atoms with Crippen molar-refractivity contribution in [1.29, 1.82) is 0 Å². The van der Waals surface area contributed by atoms with Crippen molar-refractivity contribution in [1.82, 2.24) is 5.32 Å². The molecule has 0 radical (unpaired) electrons. The Hall–Kier alpha value is -3.81. The number of nitrogens with one attached hydrogen (secondary N) is 1. The number of rotatable bonds is 7. The van der Waals surface area contributed by atoms with Gasteiger partial charge in [-0.05, 0) is 57.9 Å². The van der Waals surface area contributed by atoms with E-state index >= 15 is 4.79 Å². The fraction of sp³-hybridized carbons (Fsp3) is 0.667. The van der Waals surface area contributed by atoms with Crippen LogP contribution < -0.4 is 5.32 Å². The summed E-state index contributed by atoms with van der Waals surface area (Å²) in [5, 5.41) is 27.8. The molecule has 3 N–H and O–H groups in total. The van der Waals surface area contributed by atoms with Crippen molar-refractivity contribution in [3.8, 4) is 0 Å². The summed E-state index contributed by atoms with van der Waals surface area (Å²) in [4.78, 5) is 67.7. The lowest BCUT2D eigenvalue weighted by Gasteiger charge is -2.67. The molecule has 2 saturated carbocycles. The number of amides is 1. The van der Waals surface area contributed by atoms with E-state index in [0.717, 1.165) is 0 Å². The van der Waals surface area contributed by atoms with Crippen molar-refractivity contribution in [2.45, 2.75) is 123 Å². The highest BCUT2D eigenvalue weighted by Gasteiger charge is 2.77. The predicted octanol–water partition coefficient (Wildman–Crippen LogP) is 4.07. The number of aliphatic hydroxyl groups is 2. The molecule has 2 bridgehead atoms. The van der Waals surface area contributed by atoms with E-state index in [4.69, 9.17) is 23.7 Å². The number of carbonyl (C=O) groups is 5. The van der Waals surface area contributed by atoms with Gasteiger partial charge in [-0.2, -0.15) is 0 Å². The average Bonchev–Trinajstić information content (AvgIpc) is 3.04. The van der Waals surface area contributed by atoms with Gasteiger partial charge in [-0.1, -0.05) is 45.9 Å². The van der Waals surface area contributed by atoms with E-state index in [1.54, 1.807) is 92.6 Å². The highest BCUT2D eigenvalue weighted by atomic mass is 16.6. The van der Waals surface area contributed by atoms with Crippen LogP contribution in [0.15, 0.2) is 41.5 Å². The number of carbonyl (C=O) groups excluding carboxylic acids is 5. The first-order valence-corrected chi connectivity index (χ1v) is 17.9. The lowest BCUT2D eigenvalue weighted by molar-refractivity contribution is -0.345. The van der Waals surface area contributed by atoms with Crippen molar-refractivity contribution in [3.05, 3.63) is 47.0 Å². The number of benzene rings is 1. The fourth-order valence-electron chi connectivity index (χ4n) is 9.16. The monoisotopic (exact) mass is 727 g/mol. The number of esters is 3. The van der Waals surface area contributed by atoms with Crippen molar-refractivity contribution in [3.63, 3.8) is 0 Å². The van der Waals surface area contributed by atoms with Crippen LogP contribution >= 0.6 is 0 Å². The molecule has 2 unspecified atom stereocenters. The summed E-state index contributed by atoms with van der Waals surface area (Å²) in [5.41, 5.74) is -6.16. The van der Waals surface area contributed by atoms with Crippen LogP contribution in [0.5, 0.6) is 0 Å². The van der Waals surface area contributed by atoms with Crippen molar-refractivity contribution >= 4 is 29.8 Å². The van der Waals surface area contributed by atoms with Gasteiger partial charge in [0.25, 0.3) is 0 Å². The number of ketones is 1. The van der Waals surface area contributed by atoms with E-state index in [9.17, 15) is 29.4 Å². The first-order valence-electron chi connectivity index (χ1n) is 17.9. The molecule has 0 spiro atoms. The minimum atomic E-state index is -2.07. The molecule has 4 aliphatic rings. The largest absolute Gasteiger partial charge is 0.457 e. The van der Waals surface area contributed by atoms with Crippen LogP contribution in [0.2, 0.25) is 0 Å². The van der Waals surface area contributed by atoms with Gasteiger partial charge >= 0.3 is 24.0 Å². The summed E-state index contributed by atoms with van der Waals surface area (Å²) in [6, 6.07) is 8.14. The first-order chi connectivity index (χ1) is 24.0. The lowest BCUT2D eigenvalue weighted by atomic mass is 9.43. The standard InChI is InChI=1S/C39H53NO12/c1-20(18-40-34(46)52-35(5,6)7)32(44)49-25-17-39(47)31(50-33(45)24-14-12-11-13-15-24)29-37(10,30(43)22(3)28(21(25)2)36(39,8)9)26(42)16-27-38(29,19-48-27)51-23(4)41/h11-15,20,22,25-27,29,31,42,47H,16-19H2,1-10H3,(H,40,46)/t20-,22-,25+,26+,27-,29?,31?,37-,38+,39-/m1/s1. The zero-order valence-corrected chi connectivity index (χ0v) is 31.7. The molecule has 1 heterocycles. The Bertz CT molecular complexity index is 1650. The van der Waals surface area contributed by atoms with Gasteiger partial charge in [-0.3, -0.25) is 14.4 Å². The highest BCUT2D eigenvalue weighted by Crippen LogP contribution is 2.65. The molecule has 1 aromatic carbocycles. The van der Waals surface area contributed by atoms with Gasteiger partial charge in [0.05, 0.1) is 35.5 Å². The van der Waals surface area contributed by atoms with Crippen LogP contribution in [0, 0.1) is 28.6 Å². The van der Waals surface area contributed by atoms with Gasteiger partial charge in [0.2, 0.25) is 0 Å². The van der Waals surface area contributed by atoms with E-state index in [1.807, 2.05) is 0 Å². The quantitative estimate of drug-likeness (QED) is 0.208. The second-order valence-corrected chi connectivity index (χ2v) is 16.7. The molecule has 286 valence electrons. The van der Waals surface area contributed by atoms with Crippen LogP contribution in [0.3, 0.4) is 0 Å². The SMILES string of the molecule is CC(=O)O[C@@]12CO[C@@H]1C[C@H](O)[C@@]1(C)C(=O)[C@H](C)C3=C(C)[C@@H](OC(=O)[C@H](C)CNC(=O)OC(C)(C)C)C[C@@](O)(C(OC(=O)c4ccccc4)C12)C3(C)C. The van der Waals surface area contributed by atoms with E-state index in [2.05, 4.69) is 5.32 Å². The summed E-state index contributed by atoms with van der Waals surface area (Å²) >= 11 is 0. The zero-order valence-electron chi connectivity index (χ0n) is 31.7. The molecule has 52 heavy (non-hydrogen) atoms. The van der Waals surface area contributed by atoms with Gasteiger partial charge in [0.15, 0.2) is 5.60 Å². The second-order valence-electron chi connectivity index (χ2n) is 16.7. The van der Waals surface area contributed by atoms with Gasteiger partial charge in [0.1, 0.15) is 35.3 Å². The minimum absolute atomic E-state index is 0.0343. The fourth-order valence-corrected chi connectivity index (χ4v) is 9.16. The summed E-state index contributed by atoms with van der Waals surface area (Å²) in [5.74, 6) is -5.61. The van der Waals surface area contributed by atoms with Gasteiger partial charge in [-0.25, -0.2) is 9.59 Å². The summed E-state index contributed by atoms with van der Waals surface area (Å²) < 4.78 is 29.7. The molecule has 3 fully saturated rings. The molecule has 5 rings (SSSR count). The Morgan fingerprint density at radius 2 is 1.71 bits per heavy atom. The highest BCUT2D eigenvalue weighted by molar-refractivity contribution is 5.92. The Balaban J connectivity index is 1.64. The maximum absolute atomic E-state index is 15.0. The van der Waals surface area contributed by atoms with E-state index < -0.39 is 99.6 Å². The third-order valence-corrected chi connectivity index (χ3v) is 11.8. The van der Waals surface area contributed by atoms with E-state index in [1.165, 1.54) is 6.92 Å². The van der Waals surface area contributed by atoms with E-state index in [-0.39, 0.29) is 31.6 Å². The van der Waals surface area contributed by atoms with Crippen LogP contribution in [0.4, 0.5) is 4.79 Å². The number of ether oxygens (including phenoxy) is 5. The molecule has 1 amide bonds. The van der Waals surface area contributed by atoms with Crippen LogP contribution in [0.1, 0.15) is 92.4 Å². The van der Waals surface area contributed by atoms with Crippen LogP contribution in [-0.4, -0.2) is 94.4 Å². The maximum Gasteiger partial charge on any atom is 0.407 e. The van der Waals surface area contributed by atoms with Crippen LogP contribution in [-0.2, 0) is 38.1 Å². The first kappa shape index (κ1) is 39.4. The van der Waals surface area contributed by atoms with Gasteiger partial charge in [-0.15, -0.1) is 0 Å². The molecule has 1 saturated heterocycles. The number of aliphatic hydroxyl groups excluding tert-OH is 1. The molecule has 13 heteroatoms. The van der Waals surface area contributed by atoms with E-state index in [0.29, 0.717) is 11.1 Å². The molecule has 3 aliphatic carbocycles. The van der Waals surface area contributed by atoms with Crippen molar-refractivity contribution < 1.29 is 57.9 Å².